The van der Waals surface area contributed by atoms with Crippen LogP contribution in [0, 0.1) is 0 Å². The Morgan fingerprint density at radius 2 is 1.89 bits per heavy atom. The summed E-state index contributed by atoms with van der Waals surface area (Å²) in [7, 11) is 0. The average molecular weight is 248 g/mol. The summed E-state index contributed by atoms with van der Waals surface area (Å²) in [5.74, 6) is -0.145. The maximum atomic E-state index is 12.1. The van der Waals surface area contributed by atoms with Crippen LogP contribution in [0.15, 0.2) is 24.3 Å². The Balaban J connectivity index is 2.04. The first-order chi connectivity index (χ1) is 8.74. The first-order valence-corrected chi connectivity index (χ1v) is 6.09. The van der Waals surface area contributed by atoms with E-state index in [0.29, 0.717) is 30.9 Å². The highest BCUT2D eigenvalue weighted by atomic mass is 16.5. The molecule has 1 aromatic rings. The second kappa shape index (κ2) is 5.89. The first kappa shape index (κ1) is 12.9. The molecule has 2 rings (SSSR count). The maximum Gasteiger partial charge on any atom is 0.192 e. The first-order valence-electron chi connectivity index (χ1n) is 6.09. The van der Waals surface area contributed by atoms with Gasteiger partial charge in [0.15, 0.2) is 11.6 Å². The second-order valence-electron chi connectivity index (χ2n) is 4.09. The van der Waals surface area contributed by atoms with Crippen LogP contribution in [0.1, 0.15) is 34.1 Å². The van der Waals surface area contributed by atoms with Gasteiger partial charge >= 0.3 is 0 Å². The number of hydrogen-bond acceptors (Lipinski definition) is 4. The van der Waals surface area contributed by atoms with Gasteiger partial charge in [-0.3, -0.25) is 9.59 Å². The van der Waals surface area contributed by atoms with Crippen LogP contribution in [-0.4, -0.2) is 37.5 Å². The van der Waals surface area contributed by atoms with E-state index in [4.69, 9.17) is 9.47 Å². The third kappa shape index (κ3) is 2.66. The Labute approximate surface area is 106 Å². The van der Waals surface area contributed by atoms with Gasteiger partial charge in [0, 0.05) is 24.2 Å². The summed E-state index contributed by atoms with van der Waals surface area (Å²) in [6, 6.07) is 6.88. The molecule has 4 heteroatoms. The molecule has 0 heterocycles. The van der Waals surface area contributed by atoms with Crippen LogP contribution in [0.5, 0.6) is 0 Å². The van der Waals surface area contributed by atoms with Gasteiger partial charge in [-0.15, -0.1) is 0 Å². The summed E-state index contributed by atoms with van der Waals surface area (Å²) in [5.41, 5.74) is 0.974. The summed E-state index contributed by atoms with van der Waals surface area (Å²) < 4.78 is 10.6. The number of fused-ring (bicyclic) bond motifs is 1. The number of hydrogen-bond donors (Lipinski definition) is 0. The van der Waals surface area contributed by atoms with E-state index in [-0.39, 0.29) is 18.0 Å². The van der Waals surface area contributed by atoms with Gasteiger partial charge in [0.2, 0.25) is 0 Å². The highest BCUT2D eigenvalue weighted by Gasteiger charge is 2.32. The monoisotopic (exact) mass is 248 g/mol. The molecule has 1 unspecified atom stereocenters. The number of rotatable bonds is 5. The Hall–Kier alpha value is -1.52. The van der Waals surface area contributed by atoms with Crippen LogP contribution in [0.2, 0.25) is 0 Å². The van der Waals surface area contributed by atoms with E-state index in [0.717, 1.165) is 0 Å². The minimum atomic E-state index is -0.659. The highest BCUT2D eigenvalue weighted by molar-refractivity contribution is 6.15. The molecule has 4 nitrogen and oxygen atoms in total. The van der Waals surface area contributed by atoms with E-state index in [9.17, 15) is 9.59 Å². The van der Waals surface area contributed by atoms with E-state index in [1.54, 1.807) is 24.3 Å². The number of Topliss-reactive ketones (excluding diaryl/α,β-unsaturated/α-hetero) is 2. The zero-order valence-electron chi connectivity index (χ0n) is 10.3. The van der Waals surface area contributed by atoms with Crippen molar-refractivity contribution < 1.29 is 19.1 Å². The van der Waals surface area contributed by atoms with E-state index < -0.39 is 6.10 Å². The maximum absolute atomic E-state index is 12.1. The Bertz CT molecular complexity index is 453. The lowest BCUT2D eigenvalue weighted by atomic mass is 9.88. The fourth-order valence-electron chi connectivity index (χ4n) is 2.01. The summed E-state index contributed by atoms with van der Waals surface area (Å²) >= 11 is 0. The van der Waals surface area contributed by atoms with Crippen molar-refractivity contribution in [3.05, 3.63) is 35.4 Å². The molecule has 0 N–H and O–H groups in total. The van der Waals surface area contributed by atoms with E-state index in [1.165, 1.54) is 0 Å². The molecule has 1 atom stereocenters. The topological polar surface area (TPSA) is 52.6 Å². The molecule has 1 aliphatic carbocycles. The van der Waals surface area contributed by atoms with Gasteiger partial charge in [-0.1, -0.05) is 24.3 Å². The van der Waals surface area contributed by atoms with Gasteiger partial charge in [-0.05, 0) is 6.92 Å². The van der Waals surface area contributed by atoms with Crippen molar-refractivity contribution in [2.24, 2.45) is 0 Å². The van der Waals surface area contributed by atoms with Gasteiger partial charge in [-0.2, -0.15) is 0 Å². The van der Waals surface area contributed by atoms with E-state index in [2.05, 4.69) is 0 Å². The standard InChI is InChI=1S/C14H16O4/c1-2-17-7-8-18-13-9-12(15)10-5-3-4-6-11(10)14(13)16/h3-6,13H,2,7-9H2,1H3. The molecule has 1 aromatic carbocycles. The van der Waals surface area contributed by atoms with Gasteiger partial charge in [0.1, 0.15) is 6.10 Å². The molecule has 0 aliphatic heterocycles. The zero-order valence-corrected chi connectivity index (χ0v) is 10.3. The molecule has 1 aliphatic rings. The third-order valence-electron chi connectivity index (χ3n) is 2.91. The van der Waals surface area contributed by atoms with Crippen molar-refractivity contribution in [2.75, 3.05) is 19.8 Å². The molecule has 0 amide bonds. The van der Waals surface area contributed by atoms with Crippen LogP contribution >= 0.6 is 0 Å². The fourth-order valence-corrected chi connectivity index (χ4v) is 2.01. The van der Waals surface area contributed by atoms with Gasteiger partial charge in [0.25, 0.3) is 0 Å². The quantitative estimate of drug-likeness (QED) is 0.746. The number of carbonyl (C=O) groups is 2. The summed E-state index contributed by atoms with van der Waals surface area (Å²) in [5, 5.41) is 0. The van der Waals surface area contributed by atoms with Crippen molar-refractivity contribution in [1.82, 2.24) is 0 Å². The lowest BCUT2D eigenvalue weighted by Gasteiger charge is -2.22. The molecule has 0 saturated carbocycles. The Morgan fingerprint density at radius 1 is 1.17 bits per heavy atom. The predicted octanol–water partition coefficient (Wildman–Crippen LogP) is 1.88. The van der Waals surface area contributed by atoms with E-state index in [1.807, 2.05) is 6.92 Å². The zero-order chi connectivity index (χ0) is 13.0. The van der Waals surface area contributed by atoms with Crippen LogP contribution in [0.3, 0.4) is 0 Å². The van der Waals surface area contributed by atoms with Crippen molar-refractivity contribution in [3.8, 4) is 0 Å². The molecule has 18 heavy (non-hydrogen) atoms. The number of ketones is 2. The predicted molar refractivity (Wildman–Crippen MR) is 66.0 cm³/mol. The smallest absolute Gasteiger partial charge is 0.192 e. The SMILES string of the molecule is CCOCCOC1CC(=O)c2ccccc2C1=O. The fraction of sp³-hybridized carbons (Fsp3) is 0.429. The number of carbonyl (C=O) groups excluding carboxylic acids is 2. The van der Waals surface area contributed by atoms with Gasteiger partial charge in [0.05, 0.1) is 13.2 Å². The molecule has 0 fully saturated rings. The van der Waals surface area contributed by atoms with Gasteiger partial charge in [-0.25, -0.2) is 0 Å². The normalized spacial score (nSPS) is 18.8. The van der Waals surface area contributed by atoms with Crippen LogP contribution in [0.25, 0.3) is 0 Å². The molecule has 0 bridgehead atoms. The average Bonchev–Trinajstić information content (AvgIpc) is 2.40. The molecule has 0 saturated heterocycles. The van der Waals surface area contributed by atoms with Crippen LogP contribution in [-0.2, 0) is 9.47 Å². The van der Waals surface area contributed by atoms with Crippen LogP contribution in [0.4, 0.5) is 0 Å². The third-order valence-corrected chi connectivity index (χ3v) is 2.91. The Kier molecular flexibility index (Phi) is 4.23. The van der Waals surface area contributed by atoms with Gasteiger partial charge < -0.3 is 9.47 Å². The minimum absolute atomic E-state index is 0.0355. The minimum Gasteiger partial charge on any atom is -0.379 e. The highest BCUT2D eigenvalue weighted by Crippen LogP contribution is 2.23. The number of ether oxygens (including phenoxy) is 2. The number of benzene rings is 1. The molecule has 0 spiro atoms. The van der Waals surface area contributed by atoms with Crippen molar-refractivity contribution in [3.63, 3.8) is 0 Å². The lowest BCUT2D eigenvalue weighted by molar-refractivity contribution is 0.00795. The van der Waals surface area contributed by atoms with Crippen LogP contribution < -0.4 is 0 Å². The molecular weight excluding hydrogens is 232 g/mol. The second-order valence-corrected chi connectivity index (χ2v) is 4.09. The Morgan fingerprint density at radius 3 is 2.61 bits per heavy atom. The summed E-state index contributed by atoms with van der Waals surface area (Å²) in [4.78, 5) is 24.0. The van der Waals surface area contributed by atoms with E-state index >= 15 is 0 Å². The summed E-state index contributed by atoms with van der Waals surface area (Å²) in [6.45, 7) is 3.28. The van der Waals surface area contributed by atoms with Crippen molar-refractivity contribution >= 4 is 11.6 Å². The molecule has 0 aromatic heterocycles. The van der Waals surface area contributed by atoms with Crippen molar-refractivity contribution in [2.45, 2.75) is 19.4 Å². The largest absolute Gasteiger partial charge is 0.379 e. The summed E-state index contributed by atoms with van der Waals surface area (Å²) in [6.07, 6.45) is -0.532. The molecule has 0 radical (unpaired) electrons. The lowest BCUT2D eigenvalue weighted by Crippen LogP contribution is -2.34. The van der Waals surface area contributed by atoms with Crippen molar-refractivity contribution in [1.29, 1.82) is 0 Å². The molecule has 96 valence electrons. The molecular formula is C14H16O4.